The summed E-state index contributed by atoms with van der Waals surface area (Å²) in [5.74, 6) is -1.56. The Kier molecular flexibility index (Phi) is 5.30. The van der Waals surface area contributed by atoms with Crippen LogP contribution >= 0.6 is 0 Å². The van der Waals surface area contributed by atoms with E-state index in [1.165, 1.54) is 24.3 Å². The van der Waals surface area contributed by atoms with Crippen molar-refractivity contribution in [1.29, 1.82) is 0 Å². The van der Waals surface area contributed by atoms with Crippen LogP contribution < -0.4 is 41.0 Å². The molecule has 1 amide bonds. The average Bonchev–Trinajstić information content (AvgIpc) is 2.02. The number of hydrogen-bond donors (Lipinski definition) is 2. The molecule has 0 atom stereocenters. The standard InChI is InChI=1S/C8H10N2O3S.Na.H/c9-6-1-3-7(4-2-6)14(12,13)5-8(10)11;;/h1-4H,5,9H2,(H2,10,11);;/q;+1;-1. The number of benzene rings is 1. The van der Waals surface area contributed by atoms with Gasteiger partial charge in [-0.15, -0.1) is 0 Å². The minimum absolute atomic E-state index is 0. The third-order valence-electron chi connectivity index (χ3n) is 1.57. The van der Waals surface area contributed by atoms with Crippen molar-refractivity contribution in [2.75, 3.05) is 11.5 Å². The molecular weight excluding hydrogens is 227 g/mol. The number of hydrogen-bond acceptors (Lipinski definition) is 4. The number of nitrogen functional groups attached to an aromatic ring is 1. The second-order valence-electron chi connectivity index (χ2n) is 2.79. The number of carbonyl (C=O) groups is 1. The van der Waals surface area contributed by atoms with Crippen molar-refractivity contribution in [2.24, 2.45) is 5.73 Å². The van der Waals surface area contributed by atoms with E-state index in [2.05, 4.69) is 0 Å². The summed E-state index contributed by atoms with van der Waals surface area (Å²) in [7, 11) is -3.61. The minimum Gasteiger partial charge on any atom is -1.00 e. The molecule has 0 aliphatic rings. The van der Waals surface area contributed by atoms with Gasteiger partial charge in [-0.2, -0.15) is 0 Å². The molecule has 4 N–H and O–H groups in total. The number of sulfone groups is 1. The summed E-state index contributed by atoms with van der Waals surface area (Å²) in [5.41, 5.74) is 10.6. The van der Waals surface area contributed by atoms with Gasteiger partial charge in [-0.25, -0.2) is 8.42 Å². The molecule has 1 rings (SSSR count). The van der Waals surface area contributed by atoms with Crippen LogP contribution in [0, 0.1) is 0 Å². The summed E-state index contributed by atoms with van der Waals surface area (Å²) in [4.78, 5) is 10.5. The number of amides is 1. The molecule has 0 bridgehead atoms. The van der Waals surface area contributed by atoms with E-state index < -0.39 is 21.5 Å². The number of primary amides is 1. The van der Waals surface area contributed by atoms with Gasteiger partial charge in [0, 0.05) is 5.69 Å². The van der Waals surface area contributed by atoms with E-state index in [4.69, 9.17) is 11.5 Å². The van der Waals surface area contributed by atoms with Crippen LogP contribution in [0.4, 0.5) is 5.69 Å². The molecule has 5 nitrogen and oxygen atoms in total. The monoisotopic (exact) mass is 238 g/mol. The van der Waals surface area contributed by atoms with E-state index in [0.717, 1.165) is 0 Å². The van der Waals surface area contributed by atoms with Crippen molar-refractivity contribution in [1.82, 2.24) is 0 Å². The molecule has 78 valence electrons. The Hall–Kier alpha value is -0.560. The molecule has 0 aliphatic carbocycles. The first-order valence-electron chi connectivity index (χ1n) is 3.78. The average molecular weight is 238 g/mol. The fourth-order valence-corrected chi connectivity index (χ4v) is 2.04. The molecule has 7 heteroatoms. The Morgan fingerprint density at radius 1 is 1.27 bits per heavy atom. The third kappa shape index (κ3) is 4.21. The second kappa shape index (κ2) is 5.50. The van der Waals surface area contributed by atoms with Gasteiger partial charge in [-0.3, -0.25) is 4.79 Å². The molecule has 0 heterocycles. The maximum absolute atomic E-state index is 11.4. The quantitative estimate of drug-likeness (QED) is 0.424. The van der Waals surface area contributed by atoms with Gasteiger partial charge in [0.2, 0.25) is 5.91 Å². The number of rotatable bonds is 3. The van der Waals surface area contributed by atoms with Crippen LogP contribution in [0.5, 0.6) is 0 Å². The van der Waals surface area contributed by atoms with Crippen LogP contribution in [0.2, 0.25) is 0 Å². The van der Waals surface area contributed by atoms with Gasteiger partial charge in [-0.1, -0.05) is 0 Å². The predicted molar refractivity (Wildman–Crippen MR) is 53.2 cm³/mol. The van der Waals surface area contributed by atoms with E-state index in [1.807, 2.05) is 0 Å². The first-order chi connectivity index (χ1) is 6.42. The fourth-order valence-electron chi connectivity index (χ4n) is 0.946. The van der Waals surface area contributed by atoms with Crippen molar-refractivity contribution < 1.29 is 44.2 Å². The molecule has 0 spiro atoms. The summed E-state index contributed by atoms with van der Waals surface area (Å²) in [6.45, 7) is 0. The van der Waals surface area contributed by atoms with Gasteiger partial charge >= 0.3 is 29.6 Å². The van der Waals surface area contributed by atoms with Gasteiger partial charge in [0.25, 0.3) is 0 Å². The van der Waals surface area contributed by atoms with Crippen molar-refractivity contribution in [2.45, 2.75) is 4.90 Å². The minimum atomic E-state index is -3.61. The molecule has 1 aromatic carbocycles. The first kappa shape index (κ1) is 14.4. The van der Waals surface area contributed by atoms with Crippen molar-refractivity contribution >= 4 is 21.4 Å². The molecule has 0 fully saturated rings. The van der Waals surface area contributed by atoms with E-state index in [0.29, 0.717) is 5.69 Å². The maximum Gasteiger partial charge on any atom is 1.00 e. The summed E-state index contributed by atoms with van der Waals surface area (Å²) >= 11 is 0. The Balaban J connectivity index is 0. The smallest absolute Gasteiger partial charge is 1.00 e. The summed E-state index contributed by atoms with van der Waals surface area (Å²) in [6.07, 6.45) is 0. The molecule has 0 saturated heterocycles. The van der Waals surface area contributed by atoms with Gasteiger partial charge in [0.05, 0.1) is 4.90 Å². The zero-order chi connectivity index (χ0) is 10.8. The van der Waals surface area contributed by atoms with E-state index in [9.17, 15) is 13.2 Å². The molecule has 1 aromatic rings. The van der Waals surface area contributed by atoms with Crippen LogP contribution in [0.1, 0.15) is 1.43 Å². The Morgan fingerprint density at radius 2 is 1.73 bits per heavy atom. The zero-order valence-electron chi connectivity index (χ0n) is 9.30. The van der Waals surface area contributed by atoms with E-state index in [1.54, 1.807) is 0 Å². The molecule has 0 unspecified atom stereocenters. The normalized spacial score (nSPS) is 10.4. The predicted octanol–water partition coefficient (Wildman–Crippen LogP) is -3.36. The van der Waals surface area contributed by atoms with E-state index in [-0.39, 0.29) is 35.9 Å². The van der Waals surface area contributed by atoms with Gasteiger partial charge in [0.15, 0.2) is 9.84 Å². The van der Waals surface area contributed by atoms with Crippen LogP contribution in [-0.2, 0) is 14.6 Å². The van der Waals surface area contributed by atoms with E-state index >= 15 is 0 Å². The topological polar surface area (TPSA) is 103 Å². The zero-order valence-corrected chi connectivity index (χ0v) is 11.1. The summed E-state index contributed by atoms with van der Waals surface area (Å²) in [5, 5.41) is 0. The van der Waals surface area contributed by atoms with Crippen LogP contribution in [0.3, 0.4) is 0 Å². The van der Waals surface area contributed by atoms with Crippen LogP contribution in [-0.4, -0.2) is 20.1 Å². The molecule has 0 saturated carbocycles. The third-order valence-corrected chi connectivity index (χ3v) is 3.23. The molecule has 0 aromatic heterocycles. The summed E-state index contributed by atoms with van der Waals surface area (Å²) < 4.78 is 22.8. The van der Waals surface area contributed by atoms with Crippen LogP contribution in [0.15, 0.2) is 29.2 Å². The van der Waals surface area contributed by atoms with Crippen molar-refractivity contribution in [3.05, 3.63) is 24.3 Å². The maximum atomic E-state index is 11.4. The fraction of sp³-hybridized carbons (Fsp3) is 0.125. The number of carbonyl (C=O) groups excluding carboxylic acids is 1. The van der Waals surface area contributed by atoms with Gasteiger partial charge < -0.3 is 12.9 Å². The SMILES string of the molecule is NC(=O)CS(=O)(=O)c1ccc(N)cc1.[H-].[Na+]. The molecular formula is C8H11N2NaO3S. The van der Waals surface area contributed by atoms with Crippen molar-refractivity contribution in [3.63, 3.8) is 0 Å². The largest absolute Gasteiger partial charge is 1.00 e. The van der Waals surface area contributed by atoms with Gasteiger partial charge in [-0.05, 0) is 24.3 Å². The van der Waals surface area contributed by atoms with Crippen molar-refractivity contribution in [3.8, 4) is 0 Å². The van der Waals surface area contributed by atoms with Crippen LogP contribution in [0.25, 0.3) is 0 Å². The molecule has 0 radical (unpaired) electrons. The second-order valence-corrected chi connectivity index (χ2v) is 4.78. The first-order valence-corrected chi connectivity index (χ1v) is 5.43. The number of nitrogens with two attached hydrogens (primary N) is 2. The summed E-state index contributed by atoms with van der Waals surface area (Å²) in [6, 6.07) is 5.59. The Morgan fingerprint density at radius 3 is 2.13 bits per heavy atom. The Bertz CT molecular complexity index is 447. The number of anilines is 1. The molecule has 0 aliphatic heterocycles. The molecule has 15 heavy (non-hydrogen) atoms. The Labute approximate surface area is 112 Å². The van der Waals surface area contributed by atoms with Gasteiger partial charge in [0.1, 0.15) is 5.75 Å².